The monoisotopic (exact) mass is 329 g/mol. The van der Waals surface area contributed by atoms with Crippen molar-refractivity contribution in [3.63, 3.8) is 0 Å². The molecule has 1 amide bonds. The van der Waals surface area contributed by atoms with Gasteiger partial charge in [0.15, 0.2) is 0 Å². The van der Waals surface area contributed by atoms with Crippen LogP contribution in [0, 0.1) is 5.41 Å². The Labute approximate surface area is 139 Å². The van der Waals surface area contributed by atoms with Crippen LogP contribution in [0.2, 0.25) is 0 Å². The highest BCUT2D eigenvalue weighted by molar-refractivity contribution is 5.98. The number of hydrogen-bond acceptors (Lipinski definition) is 4. The summed E-state index contributed by atoms with van der Waals surface area (Å²) in [6, 6.07) is 8.86. The van der Waals surface area contributed by atoms with E-state index in [4.69, 9.17) is 4.74 Å². The SMILES string of the molecule is O=C(NCC1(C(=O)O)CCOCC1)c1ccccc1-n1cccn1. The number of nitrogens with one attached hydrogen (secondary N) is 1. The number of aliphatic carboxylic acids is 1. The van der Waals surface area contributed by atoms with Gasteiger partial charge in [-0.1, -0.05) is 12.1 Å². The number of hydrogen-bond donors (Lipinski definition) is 2. The minimum absolute atomic E-state index is 0.0813. The van der Waals surface area contributed by atoms with Gasteiger partial charge in [-0.15, -0.1) is 0 Å². The van der Waals surface area contributed by atoms with Crippen LogP contribution in [-0.2, 0) is 9.53 Å². The Balaban J connectivity index is 1.77. The number of benzene rings is 1. The molecule has 1 aliphatic heterocycles. The molecule has 0 saturated carbocycles. The second-order valence-electron chi connectivity index (χ2n) is 5.85. The fourth-order valence-electron chi connectivity index (χ4n) is 2.85. The van der Waals surface area contributed by atoms with E-state index in [0.717, 1.165) is 0 Å². The summed E-state index contributed by atoms with van der Waals surface area (Å²) in [4.78, 5) is 24.2. The molecule has 1 aromatic heterocycles. The summed E-state index contributed by atoms with van der Waals surface area (Å²) in [5, 5.41) is 16.5. The van der Waals surface area contributed by atoms with E-state index in [1.165, 1.54) is 0 Å². The van der Waals surface area contributed by atoms with Gasteiger partial charge in [-0.05, 0) is 31.0 Å². The molecule has 0 bridgehead atoms. The molecule has 1 fully saturated rings. The first kappa shape index (κ1) is 16.2. The van der Waals surface area contributed by atoms with Crippen LogP contribution in [0.1, 0.15) is 23.2 Å². The van der Waals surface area contributed by atoms with Gasteiger partial charge >= 0.3 is 5.97 Å². The van der Waals surface area contributed by atoms with Crippen molar-refractivity contribution in [3.05, 3.63) is 48.3 Å². The Hall–Kier alpha value is -2.67. The van der Waals surface area contributed by atoms with Crippen molar-refractivity contribution in [1.82, 2.24) is 15.1 Å². The van der Waals surface area contributed by atoms with E-state index in [-0.39, 0.29) is 12.5 Å². The molecule has 0 spiro atoms. The fraction of sp³-hybridized carbons (Fsp3) is 0.353. The van der Waals surface area contributed by atoms with Gasteiger partial charge in [0.1, 0.15) is 0 Å². The lowest BCUT2D eigenvalue weighted by Gasteiger charge is -2.33. The van der Waals surface area contributed by atoms with Crippen molar-refractivity contribution in [1.29, 1.82) is 0 Å². The molecule has 7 nitrogen and oxygen atoms in total. The van der Waals surface area contributed by atoms with Crippen molar-refractivity contribution in [2.45, 2.75) is 12.8 Å². The summed E-state index contributed by atoms with van der Waals surface area (Å²) in [5.74, 6) is -1.21. The lowest BCUT2D eigenvalue weighted by Crippen LogP contribution is -2.46. The lowest BCUT2D eigenvalue weighted by atomic mass is 9.80. The van der Waals surface area contributed by atoms with E-state index in [9.17, 15) is 14.7 Å². The van der Waals surface area contributed by atoms with Crippen LogP contribution in [0.3, 0.4) is 0 Å². The van der Waals surface area contributed by atoms with E-state index in [0.29, 0.717) is 37.3 Å². The Kier molecular flexibility index (Phi) is 4.61. The van der Waals surface area contributed by atoms with E-state index >= 15 is 0 Å². The lowest BCUT2D eigenvalue weighted by molar-refractivity contribution is -0.154. The van der Waals surface area contributed by atoms with Gasteiger partial charge in [0, 0.05) is 32.2 Å². The first-order chi connectivity index (χ1) is 11.6. The third-order valence-corrected chi connectivity index (χ3v) is 4.39. The van der Waals surface area contributed by atoms with Crippen LogP contribution in [0.25, 0.3) is 5.69 Å². The molecule has 1 aromatic carbocycles. The number of carbonyl (C=O) groups is 2. The average molecular weight is 329 g/mol. The number of aromatic nitrogens is 2. The molecule has 3 rings (SSSR count). The fourth-order valence-corrected chi connectivity index (χ4v) is 2.85. The number of ether oxygens (including phenoxy) is 1. The van der Waals surface area contributed by atoms with Gasteiger partial charge in [-0.25, -0.2) is 4.68 Å². The predicted molar refractivity (Wildman–Crippen MR) is 86.0 cm³/mol. The highest BCUT2D eigenvalue weighted by Crippen LogP contribution is 2.30. The van der Waals surface area contributed by atoms with Crippen LogP contribution in [0.5, 0.6) is 0 Å². The second-order valence-corrected chi connectivity index (χ2v) is 5.85. The Morgan fingerprint density at radius 3 is 2.67 bits per heavy atom. The molecule has 0 aliphatic carbocycles. The summed E-state index contributed by atoms with van der Waals surface area (Å²) >= 11 is 0. The molecule has 2 aromatic rings. The number of carboxylic acids is 1. The molecule has 2 N–H and O–H groups in total. The summed E-state index contributed by atoms with van der Waals surface area (Å²) in [7, 11) is 0. The minimum atomic E-state index is -0.964. The topological polar surface area (TPSA) is 93.5 Å². The molecular formula is C17H19N3O4. The maximum absolute atomic E-state index is 12.6. The highest BCUT2D eigenvalue weighted by Gasteiger charge is 2.40. The average Bonchev–Trinajstić information content (AvgIpc) is 3.15. The van der Waals surface area contributed by atoms with Gasteiger partial charge in [0.25, 0.3) is 5.91 Å². The minimum Gasteiger partial charge on any atom is -0.481 e. The molecule has 2 heterocycles. The number of carboxylic acid groups (broad SMARTS) is 1. The highest BCUT2D eigenvalue weighted by atomic mass is 16.5. The zero-order valence-electron chi connectivity index (χ0n) is 13.1. The van der Waals surface area contributed by atoms with E-state index in [1.807, 2.05) is 6.07 Å². The predicted octanol–water partition coefficient (Wildman–Crippen LogP) is 1.48. The Bertz CT molecular complexity index is 721. The Morgan fingerprint density at radius 1 is 1.25 bits per heavy atom. The third-order valence-electron chi connectivity index (χ3n) is 4.39. The zero-order valence-corrected chi connectivity index (χ0v) is 13.1. The molecule has 24 heavy (non-hydrogen) atoms. The molecule has 0 radical (unpaired) electrons. The smallest absolute Gasteiger partial charge is 0.311 e. The van der Waals surface area contributed by atoms with Gasteiger partial charge < -0.3 is 15.2 Å². The number of para-hydroxylation sites is 1. The Morgan fingerprint density at radius 2 is 2.00 bits per heavy atom. The van der Waals surface area contributed by atoms with Crippen molar-refractivity contribution in [2.24, 2.45) is 5.41 Å². The summed E-state index contributed by atoms with van der Waals surface area (Å²) < 4.78 is 6.85. The molecule has 0 unspecified atom stereocenters. The molecular weight excluding hydrogens is 310 g/mol. The first-order valence-electron chi connectivity index (χ1n) is 7.81. The van der Waals surface area contributed by atoms with Gasteiger partial charge in [-0.3, -0.25) is 9.59 Å². The zero-order chi connectivity index (χ0) is 17.0. The second kappa shape index (κ2) is 6.84. The van der Waals surface area contributed by atoms with Crippen LogP contribution in [-0.4, -0.2) is 46.5 Å². The quantitative estimate of drug-likeness (QED) is 0.867. The standard InChI is InChI=1S/C17H19N3O4/c21-15(18-12-17(16(22)23)6-10-24-11-7-17)13-4-1-2-5-14(13)20-9-3-8-19-20/h1-5,8-9H,6-7,10-12H2,(H,18,21)(H,22,23). The molecule has 1 saturated heterocycles. The van der Waals surface area contributed by atoms with Gasteiger partial charge in [-0.2, -0.15) is 5.10 Å². The first-order valence-corrected chi connectivity index (χ1v) is 7.81. The maximum atomic E-state index is 12.6. The van der Waals surface area contributed by atoms with Crippen LogP contribution in [0.15, 0.2) is 42.7 Å². The van der Waals surface area contributed by atoms with Crippen LogP contribution < -0.4 is 5.32 Å². The maximum Gasteiger partial charge on any atom is 0.311 e. The van der Waals surface area contributed by atoms with E-state index in [1.54, 1.807) is 41.3 Å². The summed E-state index contributed by atoms with van der Waals surface area (Å²) in [6.07, 6.45) is 4.17. The van der Waals surface area contributed by atoms with Crippen LogP contribution >= 0.6 is 0 Å². The molecule has 0 atom stereocenters. The number of rotatable bonds is 5. The third kappa shape index (κ3) is 3.16. The van der Waals surface area contributed by atoms with Crippen molar-refractivity contribution in [2.75, 3.05) is 19.8 Å². The largest absolute Gasteiger partial charge is 0.481 e. The van der Waals surface area contributed by atoms with Crippen molar-refractivity contribution < 1.29 is 19.4 Å². The normalized spacial score (nSPS) is 16.5. The summed E-state index contributed by atoms with van der Waals surface area (Å²) in [6.45, 7) is 0.871. The number of amides is 1. The summed E-state index contributed by atoms with van der Waals surface area (Å²) in [5.41, 5.74) is 0.138. The van der Waals surface area contributed by atoms with Crippen molar-refractivity contribution >= 4 is 11.9 Å². The van der Waals surface area contributed by atoms with Crippen molar-refractivity contribution in [3.8, 4) is 5.69 Å². The molecule has 126 valence electrons. The van der Waals surface area contributed by atoms with E-state index in [2.05, 4.69) is 10.4 Å². The molecule has 1 aliphatic rings. The van der Waals surface area contributed by atoms with E-state index < -0.39 is 11.4 Å². The number of nitrogens with zero attached hydrogens (tertiary/aromatic N) is 2. The van der Waals surface area contributed by atoms with Gasteiger partial charge in [0.2, 0.25) is 0 Å². The number of carbonyl (C=O) groups excluding carboxylic acids is 1. The molecule has 7 heteroatoms. The van der Waals surface area contributed by atoms with Gasteiger partial charge in [0.05, 0.1) is 16.7 Å². The van der Waals surface area contributed by atoms with Crippen LogP contribution in [0.4, 0.5) is 0 Å².